The fourth-order valence-electron chi connectivity index (χ4n) is 3.13. The van der Waals surface area contributed by atoms with Crippen LogP contribution in [0.3, 0.4) is 0 Å². The second-order valence-electron chi connectivity index (χ2n) is 6.41. The number of carboxylic acid groups (broad SMARTS) is 1. The van der Waals surface area contributed by atoms with E-state index in [9.17, 15) is 4.79 Å². The number of thioether (sulfide) groups is 2. The molecule has 1 aliphatic rings. The summed E-state index contributed by atoms with van der Waals surface area (Å²) in [5.41, 5.74) is 1.43. The molecule has 0 amide bonds. The zero-order valence-corrected chi connectivity index (χ0v) is 15.9. The maximum atomic E-state index is 10.4. The van der Waals surface area contributed by atoms with Crippen LogP contribution in [0.15, 0.2) is 42.5 Å². The van der Waals surface area contributed by atoms with Crippen LogP contribution in [0.2, 0.25) is 0 Å². The number of allylic oxidation sites excluding steroid dienone is 1. The van der Waals surface area contributed by atoms with Gasteiger partial charge in [-0.15, -0.1) is 0 Å². The number of aliphatic carboxylic acids is 1. The predicted molar refractivity (Wildman–Crippen MR) is 107 cm³/mol. The lowest BCUT2D eigenvalue weighted by molar-refractivity contribution is -0.131. The van der Waals surface area contributed by atoms with Gasteiger partial charge >= 0.3 is 5.97 Å². The Morgan fingerprint density at radius 2 is 1.92 bits per heavy atom. The minimum atomic E-state index is -0.838. The third-order valence-corrected chi connectivity index (χ3v) is 6.92. The first-order chi connectivity index (χ1) is 11.8. The largest absolute Gasteiger partial charge is 0.478 e. The molecule has 0 aromatic heterocycles. The smallest absolute Gasteiger partial charge is 0.327 e. The normalized spacial score (nSPS) is 20.7. The van der Waals surface area contributed by atoms with E-state index in [2.05, 4.69) is 53.9 Å². The Morgan fingerprint density at radius 1 is 1.17 bits per heavy atom. The monoisotopic (exact) mass is 364 g/mol. The minimum absolute atomic E-state index is 0.838. The van der Waals surface area contributed by atoms with Gasteiger partial charge in [-0.2, -0.15) is 23.5 Å². The van der Waals surface area contributed by atoms with Crippen molar-refractivity contribution in [1.82, 2.24) is 0 Å². The Kier molecular flexibility index (Phi) is 9.44. The fraction of sp³-hybridized carbons (Fsp3) is 0.550. The summed E-state index contributed by atoms with van der Waals surface area (Å²) in [5.74, 6) is 5.95. The van der Waals surface area contributed by atoms with E-state index in [0.717, 1.165) is 30.4 Å². The topological polar surface area (TPSA) is 37.3 Å². The van der Waals surface area contributed by atoms with E-state index in [0.29, 0.717) is 0 Å². The Balaban J connectivity index is 1.56. The van der Waals surface area contributed by atoms with Crippen LogP contribution in [0.5, 0.6) is 0 Å². The molecule has 0 radical (unpaired) electrons. The number of carboxylic acids is 1. The number of hydrogen-bond donors (Lipinski definition) is 1. The summed E-state index contributed by atoms with van der Waals surface area (Å²) in [6, 6.07) is 10.7. The summed E-state index contributed by atoms with van der Waals surface area (Å²) in [7, 11) is 0. The van der Waals surface area contributed by atoms with Gasteiger partial charge in [-0.1, -0.05) is 42.8 Å². The maximum Gasteiger partial charge on any atom is 0.327 e. The van der Waals surface area contributed by atoms with E-state index >= 15 is 0 Å². The molecule has 2 nitrogen and oxygen atoms in total. The lowest BCUT2D eigenvalue weighted by Gasteiger charge is -2.18. The molecule has 0 aliphatic carbocycles. The first kappa shape index (κ1) is 19.5. The third kappa shape index (κ3) is 7.80. The molecule has 24 heavy (non-hydrogen) atoms. The van der Waals surface area contributed by atoms with Crippen molar-refractivity contribution < 1.29 is 9.90 Å². The second-order valence-corrected chi connectivity index (χ2v) is 8.59. The summed E-state index contributed by atoms with van der Waals surface area (Å²) in [5, 5.41) is 8.56. The quantitative estimate of drug-likeness (QED) is 0.416. The van der Waals surface area contributed by atoms with Crippen LogP contribution in [0.25, 0.3) is 0 Å². The molecule has 0 spiro atoms. The Labute approximate surface area is 154 Å². The molecule has 0 bridgehead atoms. The highest BCUT2D eigenvalue weighted by Gasteiger charge is 2.26. The van der Waals surface area contributed by atoms with E-state index in [-0.39, 0.29) is 0 Å². The molecule has 0 unspecified atom stereocenters. The van der Waals surface area contributed by atoms with E-state index in [4.69, 9.17) is 5.11 Å². The van der Waals surface area contributed by atoms with Gasteiger partial charge in [0.25, 0.3) is 0 Å². The summed E-state index contributed by atoms with van der Waals surface area (Å²) >= 11 is 4.17. The lowest BCUT2D eigenvalue weighted by Crippen LogP contribution is -2.13. The molecule has 2 atom stereocenters. The van der Waals surface area contributed by atoms with Gasteiger partial charge in [-0.05, 0) is 60.3 Å². The van der Waals surface area contributed by atoms with Gasteiger partial charge in [0.1, 0.15) is 0 Å². The van der Waals surface area contributed by atoms with Gasteiger partial charge in [0, 0.05) is 11.8 Å². The first-order valence-electron chi connectivity index (χ1n) is 8.84. The second kappa shape index (κ2) is 11.6. The van der Waals surface area contributed by atoms with Crippen LogP contribution in [0.4, 0.5) is 0 Å². The number of unbranched alkanes of at least 4 members (excludes halogenated alkanes) is 2. The van der Waals surface area contributed by atoms with Crippen molar-refractivity contribution in [1.29, 1.82) is 0 Å². The standard InChI is InChI=1S/C20H28O2S2/c21-20(22)11-7-2-1-6-10-18-15-24-16-19(18)12-13-23-14-17-8-4-3-5-9-17/h3-5,7-9,11,18-19H,1-2,6,10,12-16H2,(H,21,22)/t18-,19+/m0/s1. The van der Waals surface area contributed by atoms with Crippen molar-refractivity contribution in [2.75, 3.05) is 17.3 Å². The van der Waals surface area contributed by atoms with Crippen molar-refractivity contribution in [3.05, 3.63) is 48.0 Å². The molecule has 1 fully saturated rings. The molecule has 1 aromatic carbocycles. The molecule has 132 valence electrons. The number of carbonyl (C=O) groups is 1. The van der Waals surface area contributed by atoms with Crippen LogP contribution < -0.4 is 0 Å². The number of benzene rings is 1. The molecule has 1 heterocycles. The number of rotatable bonds is 11. The van der Waals surface area contributed by atoms with Crippen molar-refractivity contribution in [2.24, 2.45) is 11.8 Å². The lowest BCUT2D eigenvalue weighted by atomic mass is 9.89. The zero-order chi connectivity index (χ0) is 17.0. The maximum absolute atomic E-state index is 10.4. The van der Waals surface area contributed by atoms with Crippen LogP contribution in [-0.2, 0) is 10.5 Å². The van der Waals surface area contributed by atoms with Gasteiger partial charge in [0.2, 0.25) is 0 Å². The third-order valence-electron chi connectivity index (χ3n) is 4.53. The first-order valence-corrected chi connectivity index (χ1v) is 11.2. The average Bonchev–Trinajstić information content (AvgIpc) is 3.03. The van der Waals surface area contributed by atoms with Crippen molar-refractivity contribution in [2.45, 2.75) is 37.9 Å². The summed E-state index contributed by atoms with van der Waals surface area (Å²) in [6.07, 6.45) is 8.92. The highest BCUT2D eigenvalue weighted by molar-refractivity contribution is 7.99. The van der Waals surface area contributed by atoms with E-state index < -0.39 is 5.97 Å². The van der Waals surface area contributed by atoms with Crippen molar-refractivity contribution in [3.63, 3.8) is 0 Å². The van der Waals surface area contributed by atoms with Gasteiger partial charge in [0.15, 0.2) is 0 Å². The molecule has 1 aliphatic heterocycles. The molecule has 0 saturated carbocycles. The van der Waals surface area contributed by atoms with Gasteiger partial charge < -0.3 is 5.11 Å². The van der Waals surface area contributed by atoms with Gasteiger partial charge in [0.05, 0.1) is 0 Å². The molecule has 4 heteroatoms. The van der Waals surface area contributed by atoms with E-state index in [1.54, 1.807) is 6.08 Å². The van der Waals surface area contributed by atoms with Gasteiger partial charge in [-0.25, -0.2) is 4.79 Å². The molecule has 1 saturated heterocycles. The number of hydrogen-bond acceptors (Lipinski definition) is 3. The van der Waals surface area contributed by atoms with Crippen LogP contribution in [0, 0.1) is 11.8 Å². The average molecular weight is 365 g/mol. The Morgan fingerprint density at radius 3 is 2.67 bits per heavy atom. The van der Waals surface area contributed by atoms with Gasteiger partial charge in [-0.3, -0.25) is 0 Å². The van der Waals surface area contributed by atoms with Crippen LogP contribution in [-0.4, -0.2) is 28.3 Å². The Hall–Kier alpha value is -0.870. The summed E-state index contributed by atoms with van der Waals surface area (Å²) in [4.78, 5) is 10.4. The highest BCUT2D eigenvalue weighted by Crippen LogP contribution is 2.36. The zero-order valence-electron chi connectivity index (χ0n) is 14.2. The fourth-order valence-corrected chi connectivity index (χ4v) is 5.79. The predicted octanol–water partition coefficient (Wildman–Crippen LogP) is 5.49. The molecule has 1 aromatic rings. The molecule has 2 rings (SSSR count). The van der Waals surface area contributed by atoms with Crippen molar-refractivity contribution in [3.8, 4) is 0 Å². The highest BCUT2D eigenvalue weighted by atomic mass is 32.2. The summed E-state index contributed by atoms with van der Waals surface area (Å²) < 4.78 is 0. The molecular weight excluding hydrogens is 336 g/mol. The summed E-state index contributed by atoms with van der Waals surface area (Å²) in [6.45, 7) is 0. The van der Waals surface area contributed by atoms with E-state index in [1.165, 1.54) is 48.2 Å². The molecule has 1 N–H and O–H groups in total. The van der Waals surface area contributed by atoms with Crippen LogP contribution in [0.1, 0.15) is 37.7 Å². The van der Waals surface area contributed by atoms with Crippen LogP contribution >= 0.6 is 23.5 Å². The minimum Gasteiger partial charge on any atom is -0.478 e. The molecular formula is C20H28O2S2. The Bertz CT molecular complexity index is 502. The SMILES string of the molecule is O=C(O)C=CCCCC[C@H]1CSC[C@H]1CCSCc1ccccc1. The van der Waals surface area contributed by atoms with Crippen molar-refractivity contribution >= 4 is 29.5 Å². The van der Waals surface area contributed by atoms with E-state index in [1.807, 2.05) is 0 Å².